The van der Waals surface area contributed by atoms with Crippen LogP contribution in [0.3, 0.4) is 0 Å². The lowest BCUT2D eigenvalue weighted by molar-refractivity contribution is 1.29. The smallest absolute Gasteiger partial charge is 0.391 e. The number of hydrogen-bond donors (Lipinski definition) is 0. The molecule has 0 amide bonds. The van der Waals surface area contributed by atoms with E-state index in [-0.39, 0.29) is 0 Å². The Hall–Kier alpha value is -1.12. The Morgan fingerprint density at radius 1 is 0.923 bits per heavy atom. The van der Waals surface area contributed by atoms with Gasteiger partial charge in [-0.2, -0.15) is 0 Å². The predicted octanol–water partition coefficient (Wildman–Crippen LogP) is 1.72. The van der Waals surface area contributed by atoms with Crippen molar-refractivity contribution < 1.29 is 0 Å². The van der Waals surface area contributed by atoms with Gasteiger partial charge in [0.1, 0.15) is 0 Å². The van der Waals surface area contributed by atoms with Gasteiger partial charge in [-0.05, 0) is 51.2 Å². The number of anilines is 2. The van der Waals surface area contributed by atoms with E-state index in [0.29, 0.717) is 0 Å². The highest BCUT2D eigenvalue weighted by Crippen LogP contribution is 2.34. The normalized spacial score (nSPS) is 14.5. The van der Waals surface area contributed by atoms with Crippen LogP contribution in [0, 0.1) is 13.8 Å². The molecule has 2 nitrogen and oxygen atoms in total. The molecule has 0 aliphatic carbocycles. The SMILES string of the molecule is Cc1cc2c(cc1C)N(C)[B]N2C. The summed E-state index contributed by atoms with van der Waals surface area (Å²) in [5, 5.41) is 0. The first-order chi connectivity index (χ1) is 6.09. The van der Waals surface area contributed by atoms with Crippen molar-refractivity contribution in [1.29, 1.82) is 0 Å². The van der Waals surface area contributed by atoms with Crippen molar-refractivity contribution in [3.05, 3.63) is 23.3 Å². The fourth-order valence-corrected chi connectivity index (χ4v) is 1.73. The topological polar surface area (TPSA) is 6.48 Å². The quantitative estimate of drug-likeness (QED) is 0.551. The number of fused-ring (bicyclic) bond motifs is 1. The summed E-state index contributed by atoms with van der Waals surface area (Å²) in [6, 6.07) is 4.48. The molecular weight excluding hydrogens is 159 g/mol. The molecule has 0 N–H and O–H groups in total. The Labute approximate surface area is 80.4 Å². The van der Waals surface area contributed by atoms with Crippen LogP contribution in [0.1, 0.15) is 11.1 Å². The minimum atomic E-state index is 1.30. The van der Waals surface area contributed by atoms with Gasteiger partial charge in [-0.1, -0.05) is 0 Å². The van der Waals surface area contributed by atoms with Gasteiger partial charge in [-0.15, -0.1) is 0 Å². The summed E-state index contributed by atoms with van der Waals surface area (Å²) >= 11 is 0. The predicted molar refractivity (Wildman–Crippen MR) is 58.5 cm³/mol. The van der Waals surface area contributed by atoms with Gasteiger partial charge in [-0.3, -0.25) is 0 Å². The van der Waals surface area contributed by atoms with Gasteiger partial charge in [0.15, 0.2) is 0 Å². The van der Waals surface area contributed by atoms with Gasteiger partial charge in [0, 0.05) is 11.4 Å². The third-order valence-corrected chi connectivity index (χ3v) is 2.70. The summed E-state index contributed by atoms with van der Waals surface area (Å²) in [6.45, 7) is 4.31. The second-order valence-corrected chi connectivity index (χ2v) is 3.76. The van der Waals surface area contributed by atoms with E-state index in [0.717, 1.165) is 0 Å². The summed E-state index contributed by atoms with van der Waals surface area (Å²) in [4.78, 5) is 4.31. The minimum Gasteiger partial charge on any atom is -0.400 e. The molecule has 1 aromatic rings. The molecule has 3 heteroatoms. The van der Waals surface area contributed by atoms with Crippen molar-refractivity contribution in [3.63, 3.8) is 0 Å². The molecule has 1 radical (unpaired) electrons. The molecule has 0 bridgehead atoms. The Morgan fingerprint density at radius 2 is 1.31 bits per heavy atom. The summed E-state index contributed by atoms with van der Waals surface area (Å²) in [5.74, 6) is 0. The Morgan fingerprint density at radius 3 is 1.69 bits per heavy atom. The zero-order valence-corrected chi connectivity index (χ0v) is 8.63. The highest BCUT2D eigenvalue weighted by Gasteiger charge is 2.22. The number of benzene rings is 1. The fourth-order valence-electron chi connectivity index (χ4n) is 1.73. The Kier molecular flexibility index (Phi) is 1.75. The number of rotatable bonds is 0. The summed E-state index contributed by atoms with van der Waals surface area (Å²) in [7, 11) is 6.26. The second kappa shape index (κ2) is 2.69. The van der Waals surface area contributed by atoms with E-state index in [1.807, 2.05) is 0 Å². The number of nitrogens with zero attached hydrogens (tertiary/aromatic N) is 2. The molecule has 0 saturated carbocycles. The Bertz CT molecular complexity index is 316. The van der Waals surface area contributed by atoms with E-state index in [1.54, 1.807) is 0 Å². The summed E-state index contributed by atoms with van der Waals surface area (Å²) in [5.41, 5.74) is 5.31. The molecule has 1 aromatic carbocycles. The van der Waals surface area contributed by atoms with Crippen LogP contribution in [-0.4, -0.2) is 21.6 Å². The van der Waals surface area contributed by atoms with Gasteiger partial charge in [-0.25, -0.2) is 0 Å². The standard InChI is InChI=1S/C10H14BN2/c1-7-5-9-10(6-8(7)2)13(4)11-12(9)3/h5-6H,1-4H3. The van der Waals surface area contributed by atoms with Crippen molar-refractivity contribution in [2.45, 2.75) is 13.8 Å². The second-order valence-electron chi connectivity index (χ2n) is 3.76. The highest BCUT2D eigenvalue weighted by molar-refractivity contribution is 6.50. The average molecular weight is 173 g/mol. The van der Waals surface area contributed by atoms with Gasteiger partial charge in [0.05, 0.1) is 0 Å². The number of hydrogen-bond acceptors (Lipinski definition) is 2. The van der Waals surface area contributed by atoms with Crippen LogP contribution in [0.4, 0.5) is 11.4 Å². The lowest BCUT2D eigenvalue weighted by Gasteiger charge is -2.12. The van der Waals surface area contributed by atoms with Crippen LogP contribution in [0.25, 0.3) is 0 Å². The van der Waals surface area contributed by atoms with Crippen molar-refractivity contribution in [2.75, 3.05) is 23.7 Å². The molecule has 0 spiro atoms. The molecule has 67 valence electrons. The first kappa shape index (κ1) is 8.48. The van der Waals surface area contributed by atoms with Gasteiger partial charge in [0.2, 0.25) is 0 Å². The van der Waals surface area contributed by atoms with E-state index in [4.69, 9.17) is 0 Å². The van der Waals surface area contributed by atoms with Gasteiger partial charge < -0.3 is 9.62 Å². The molecule has 0 atom stereocenters. The van der Waals surface area contributed by atoms with Gasteiger partial charge in [0.25, 0.3) is 0 Å². The number of aryl methyl sites for hydroxylation is 2. The van der Waals surface area contributed by atoms with E-state index in [1.165, 1.54) is 22.5 Å². The first-order valence-electron chi connectivity index (χ1n) is 4.51. The Balaban J connectivity index is 2.58. The van der Waals surface area contributed by atoms with Gasteiger partial charge >= 0.3 is 7.55 Å². The first-order valence-corrected chi connectivity index (χ1v) is 4.51. The van der Waals surface area contributed by atoms with Crippen molar-refractivity contribution >= 4 is 18.9 Å². The molecule has 1 aliphatic rings. The van der Waals surface area contributed by atoms with E-state index in [2.05, 4.69) is 57.2 Å². The molecule has 13 heavy (non-hydrogen) atoms. The van der Waals surface area contributed by atoms with Crippen LogP contribution in [0.2, 0.25) is 0 Å². The minimum absolute atomic E-state index is 1.30. The van der Waals surface area contributed by atoms with Crippen molar-refractivity contribution in [3.8, 4) is 0 Å². The van der Waals surface area contributed by atoms with Crippen molar-refractivity contribution in [2.24, 2.45) is 0 Å². The fraction of sp³-hybridized carbons (Fsp3) is 0.400. The third kappa shape index (κ3) is 1.19. The van der Waals surface area contributed by atoms with Crippen LogP contribution in [0.15, 0.2) is 12.1 Å². The largest absolute Gasteiger partial charge is 0.400 e. The van der Waals surface area contributed by atoms with E-state index >= 15 is 0 Å². The maximum atomic E-state index is 2.24. The van der Waals surface area contributed by atoms with Crippen LogP contribution in [0.5, 0.6) is 0 Å². The zero-order valence-electron chi connectivity index (χ0n) is 8.63. The van der Waals surface area contributed by atoms with Crippen LogP contribution < -0.4 is 9.62 Å². The van der Waals surface area contributed by atoms with E-state index < -0.39 is 0 Å². The lowest BCUT2D eigenvalue weighted by atomic mass is 10.1. The molecule has 0 unspecified atom stereocenters. The molecule has 0 aromatic heterocycles. The third-order valence-electron chi connectivity index (χ3n) is 2.70. The molecule has 1 heterocycles. The lowest BCUT2D eigenvalue weighted by Crippen LogP contribution is -2.28. The molecule has 2 rings (SSSR count). The molecule has 0 fully saturated rings. The maximum absolute atomic E-state index is 2.24. The highest BCUT2D eigenvalue weighted by atomic mass is 15.2. The zero-order chi connectivity index (χ0) is 9.59. The molecular formula is C10H14BN2. The average Bonchev–Trinajstić information content (AvgIpc) is 2.31. The van der Waals surface area contributed by atoms with Crippen molar-refractivity contribution in [1.82, 2.24) is 0 Å². The molecule has 1 aliphatic heterocycles. The molecule has 0 saturated heterocycles. The monoisotopic (exact) mass is 173 g/mol. The van der Waals surface area contributed by atoms with Crippen LogP contribution >= 0.6 is 0 Å². The maximum Gasteiger partial charge on any atom is 0.391 e. The van der Waals surface area contributed by atoms with E-state index in [9.17, 15) is 0 Å². The van der Waals surface area contributed by atoms with Crippen LogP contribution in [-0.2, 0) is 0 Å². The summed E-state index contributed by atoms with van der Waals surface area (Å²) < 4.78 is 0. The summed E-state index contributed by atoms with van der Waals surface area (Å²) in [6.07, 6.45) is 0.